The SMILES string of the molecule is CC(C)(C)N/C(Cl)=C(\C=N)Nc1ncc2cc(Cl)c(N3CCC(N4CC(F)(F)C4)CC3)cc2n1. The Morgan fingerprint density at radius 2 is 1.91 bits per heavy atom. The van der Waals surface area contributed by atoms with Crippen LogP contribution in [0.3, 0.4) is 0 Å². The molecule has 1 aromatic heterocycles. The van der Waals surface area contributed by atoms with Crippen molar-refractivity contribution in [3.63, 3.8) is 0 Å². The standard InChI is InChI=1S/C23H29Cl2F2N7/c1-22(2,3)32-20(25)18(10-28)31-21-29-11-14-8-16(24)19(9-17(14)30-21)33-6-4-15(5-7-33)34-12-23(26,27)13-34/h8-11,15,28,32H,4-7,12-13H2,1-3H3,(H,29,30,31)/b20-18+,28-10?. The number of benzene rings is 1. The molecule has 34 heavy (non-hydrogen) atoms. The van der Waals surface area contributed by atoms with E-state index in [1.807, 2.05) is 37.8 Å². The van der Waals surface area contributed by atoms with Gasteiger partial charge in [-0.25, -0.2) is 18.7 Å². The summed E-state index contributed by atoms with van der Waals surface area (Å²) < 4.78 is 26.4. The molecule has 2 aliphatic rings. The Bertz CT molecular complexity index is 1100. The highest BCUT2D eigenvalue weighted by Gasteiger charge is 2.46. The molecule has 7 nitrogen and oxygen atoms in total. The Hall–Kier alpha value is -2.23. The number of hydrogen-bond donors (Lipinski definition) is 3. The second kappa shape index (κ2) is 9.43. The number of nitrogens with zero attached hydrogens (tertiary/aromatic N) is 4. The molecule has 4 rings (SSSR count). The predicted octanol–water partition coefficient (Wildman–Crippen LogP) is 5.06. The van der Waals surface area contributed by atoms with E-state index >= 15 is 0 Å². The highest BCUT2D eigenvalue weighted by molar-refractivity contribution is 6.34. The maximum absolute atomic E-state index is 13.2. The Kier molecular flexibility index (Phi) is 6.90. The van der Waals surface area contributed by atoms with E-state index in [0.717, 1.165) is 43.2 Å². The molecule has 184 valence electrons. The van der Waals surface area contributed by atoms with Crippen molar-refractivity contribution >= 4 is 52.0 Å². The molecule has 0 spiro atoms. The number of likely N-dealkylation sites (tertiary alicyclic amines) is 1. The van der Waals surface area contributed by atoms with Gasteiger partial charge in [0.15, 0.2) is 0 Å². The van der Waals surface area contributed by atoms with E-state index in [9.17, 15) is 8.78 Å². The number of allylic oxidation sites excluding steroid dienone is 1. The zero-order valence-electron chi connectivity index (χ0n) is 19.4. The van der Waals surface area contributed by atoms with Crippen molar-refractivity contribution in [3.8, 4) is 0 Å². The van der Waals surface area contributed by atoms with Crippen LogP contribution >= 0.6 is 23.2 Å². The van der Waals surface area contributed by atoms with Gasteiger partial charge in [-0.05, 0) is 45.7 Å². The minimum atomic E-state index is -2.54. The van der Waals surface area contributed by atoms with E-state index in [0.29, 0.717) is 27.3 Å². The molecule has 2 fully saturated rings. The van der Waals surface area contributed by atoms with Crippen molar-refractivity contribution in [1.29, 1.82) is 5.41 Å². The molecule has 3 N–H and O–H groups in total. The molecule has 2 saturated heterocycles. The first-order valence-corrected chi connectivity index (χ1v) is 12.0. The van der Waals surface area contributed by atoms with E-state index in [4.69, 9.17) is 28.6 Å². The fraction of sp³-hybridized carbons (Fsp3) is 0.522. The molecule has 2 aromatic rings. The smallest absolute Gasteiger partial charge is 0.272 e. The lowest BCUT2D eigenvalue weighted by atomic mass is 9.97. The van der Waals surface area contributed by atoms with Gasteiger partial charge in [0.2, 0.25) is 5.95 Å². The number of piperidine rings is 1. The predicted molar refractivity (Wildman–Crippen MR) is 134 cm³/mol. The second-order valence-electron chi connectivity index (χ2n) is 9.91. The van der Waals surface area contributed by atoms with E-state index in [2.05, 4.69) is 25.5 Å². The quantitative estimate of drug-likeness (QED) is 0.371. The first-order chi connectivity index (χ1) is 15.9. The molecule has 11 heteroatoms. The summed E-state index contributed by atoms with van der Waals surface area (Å²) in [6.45, 7) is 7.11. The number of fused-ring (bicyclic) bond motifs is 1. The van der Waals surface area contributed by atoms with Gasteiger partial charge < -0.3 is 20.9 Å². The first-order valence-electron chi connectivity index (χ1n) is 11.2. The molecule has 0 aliphatic carbocycles. The zero-order chi connectivity index (χ0) is 24.7. The molecule has 0 unspecified atom stereocenters. The summed E-state index contributed by atoms with van der Waals surface area (Å²) in [7, 11) is 0. The first kappa shape index (κ1) is 24.9. The van der Waals surface area contributed by atoms with Gasteiger partial charge in [0, 0.05) is 42.5 Å². The zero-order valence-corrected chi connectivity index (χ0v) is 20.9. The Morgan fingerprint density at radius 1 is 1.24 bits per heavy atom. The number of aromatic nitrogens is 2. The average Bonchev–Trinajstić information content (AvgIpc) is 2.74. The molecule has 2 aliphatic heterocycles. The number of hydrogen-bond acceptors (Lipinski definition) is 7. The fourth-order valence-electron chi connectivity index (χ4n) is 4.29. The summed E-state index contributed by atoms with van der Waals surface area (Å²) in [6, 6.07) is 3.94. The van der Waals surface area contributed by atoms with Crippen LogP contribution in [0.2, 0.25) is 5.02 Å². The lowest BCUT2D eigenvalue weighted by molar-refractivity contribution is -0.148. The van der Waals surface area contributed by atoms with Crippen molar-refractivity contribution in [3.05, 3.63) is 34.2 Å². The van der Waals surface area contributed by atoms with Crippen LogP contribution in [0.5, 0.6) is 0 Å². The van der Waals surface area contributed by atoms with Gasteiger partial charge in [-0.1, -0.05) is 23.2 Å². The lowest BCUT2D eigenvalue weighted by Gasteiger charge is -2.47. The lowest BCUT2D eigenvalue weighted by Crippen LogP contribution is -2.61. The molecular formula is C23H29Cl2F2N7. The van der Waals surface area contributed by atoms with Crippen LogP contribution in [0.15, 0.2) is 29.2 Å². The van der Waals surface area contributed by atoms with Crippen LogP contribution in [0, 0.1) is 5.41 Å². The summed E-state index contributed by atoms with van der Waals surface area (Å²) in [5.41, 5.74) is 1.64. The molecule has 1 aromatic carbocycles. The summed E-state index contributed by atoms with van der Waals surface area (Å²) in [6.07, 6.45) is 4.41. The number of alkyl halides is 2. The highest BCUT2D eigenvalue weighted by atomic mass is 35.5. The van der Waals surface area contributed by atoms with Crippen LogP contribution in [0.4, 0.5) is 20.4 Å². The molecule has 0 saturated carbocycles. The minimum Gasteiger partial charge on any atom is -0.370 e. The van der Waals surface area contributed by atoms with Crippen molar-refractivity contribution in [1.82, 2.24) is 20.2 Å². The summed E-state index contributed by atoms with van der Waals surface area (Å²) in [4.78, 5) is 13.0. The van der Waals surface area contributed by atoms with Gasteiger partial charge in [-0.15, -0.1) is 0 Å². The van der Waals surface area contributed by atoms with Gasteiger partial charge in [-0.2, -0.15) is 0 Å². The Labute approximate surface area is 208 Å². The fourth-order valence-corrected chi connectivity index (χ4v) is 4.97. The van der Waals surface area contributed by atoms with Crippen LogP contribution in [-0.2, 0) is 0 Å². The van der Waals surface area contributed by atoms with Crippen molar-refractivity contribution in [2.24, 2.45) is 0 Å². The molecule has 0 atom stereocenters. The maximum atomic E-state index is 13.2. The van der Waals surface area contributed by atoms with Gasteiger partial charge >= 0.3 is 0 Å². The van der Waals surface area contributed by atoms with Crippen LogP contribution in [0.1, 0.15) is 33.6 Å². The Morgan fingerprint density at radius 3 is 2.50 bits per heavy atom. The Balaban J connectivity index is 1.50. The third kappa shape index (κ3) is 5.70. The van der Waals surface area contributed by atoms with Crippen LogP contribution < -0.4 is 15.5 Å². The third-order valence-electron chi connectivity index (χ3n) is 5.95. The topological polar surface area (TPSA) is 80.2 Å². The maximum Gasteiger partial charge on any atom is 0.272 e. The van der Waals surface area contributed by atoms with E-state index in [1.54, 1.807) is 6.20 Å². The van der Waals surface area contributed by atoms with Gasteiger partial charge in [-0.3, -0.25) is 4.90 Å². The number of rotatable bonds is 6. The van der Waals surface area contributed by atoms with E-state index in [1.165, 1.54) is 0 Å². The molecule has 3 heterocycles. The van der Waals surface area contributed by atoms with Gasteiger partial charge in [0.1, 0.15) is 5.16 Å². The third-order valence-corrected chi connectivity index (χ3v) is 6.55. The average molecular weight is 512 g/mol. The van der Waals surface area contributed by atoms with E-state index in [-0.39, 0.29) is 24.7 Å². The minimum absolute atomic E-state index is 0.136. The summed E-state index contributed by atoms with van der Waals surface area (Å²) in [5.74, 6) is -2.23. The van der Waals surface area contributed by atoms with Crippen molar-refractivity contribution < 1.29 is 8.78 Å². The second-order valence-corrected chi connectivity index (χ2v) is 10.7. The van der Waals surface area contributed by atoms with Crippen molar-refractivity contribution in [2.45, 2.75) is 51.1 Å². The van der Waals surface area contributed by atoms with Crippen molar-refractivity contribution in [2.75, 3.05) is 36.4 Å². The monoisotopic (exact) mass is 511 g/mol. The van der Waals surface area contributed by atoms with Gasteiger partial charge in [0.05, 0.1) is 35.0 Å². The van der Waals surface area contributed by atoms with E-state index < -0.39 is 5.92 Å². The van der Waals surface area contributed by atoms with Crippen LogP contribution in [0.25, 0.3) is 10.9 Å². The molecule has 0 radical (unpaired) electrons. The molecule has 0 amide bonds. The summed E-state index contributed by atoms with van der Waals surface area (Å²) in [5, 5.41) is 15.5. The highest BCUT2D eigenvalue weighted by Crippen LogP contribution is 2.35. The van der Waals surface area contributed by atoms with Crippen LogP contribution in [-0.4, -0.2) is 64.8 Å². The summed E-state index contributed by atoms with van der Waals surface area (Å²) >= 11 is 12.9. The number of anilines is 2. The van der Waals surface area contributed by atoms with Gasteiger partial charge in [0.25, 0.3) is 5.92 Å². The number of nitrogens with one attached hydrogen (secondary N) is 3. The number of halogens is 4. The molecule has 0 bridgehead atoms. The largest absolute Gasteiger partial charge is 0.370 e. The normalized spacial score (nSPS) is 20.0. The molecular weight excluding hydrogens is 483 g/mol.